The van der Waals surface area contributed by atoms with E-state index >= 15 is 0 Å². The third kappa shape index (κ3) is 2.61. The van der Waals surface area contributed by atoms with Crippen LogP contribution in [0.4, 0.5) is 5.69 Å². The van der Waals surface area contributed by atoms with Crippen molar-refractivity contribution >= 4 is 33.2 Å². The van der Waals surface area contributed by atoms with E-state index in [1.54, 1.807) is 0 Å². The van der Waals surface area contributed by atoms with Crippen LogP contribution in [0.25, 0.3) is 0 Å². The lowest BCUT2D eigenvalue weighted by Gasteiger charge is -2.22. The maximum atomic E-state index is 6.11. The van der Waals surface area contributed by atoms with Gasteiger partial charge in [0.2, 0.25) is 0 Å². The number of hydrogen-bond acceptors (Lipinski definition) is 1. The predicted molar refractivity (Wildman–Crippen MR) is 62.7 cm³/mol. The number of halogens is 2. The Morgan fingerprint density at radius 1 is 1.31 bits per heavy atom. The van der Waals surface area contributed by atoms with Crippen LogP contribution in [0.3, 0.4) is 0 Å². The molecule has 1 aromatic carbocycles. The zero-order valence-corrected chi connectivity index (χ0v) is 10.2. The molecule has 0 fully saturated rings. The summed E-state index contributed by atoms with van der Waals surface area (Å²) in [5.41, 5.74) is 1.11. The van der Waals surface area contributed by atoms with E-state index < -0.39 is 0 Å². The summed E-state index contributed by atoms with van der Waals surface area (Å²) in [6.45, 7) is 6.22. The molecule has 72 valence electrons. The maximum Gasteiger partial charge on any atom is 0.0650 e. The van der Waals surface area contributed by atoms with E-state index in [4.69, 9.17) is 11.6 Å². The summed E-state index contributed by atoms with van der Waals surface area (Å²) in [6.07, 6.45) is 0. The molecule has 0 aromatic heterocycles. The number of rotatable bonds is 3. The highest BCUT2D eigenvalue weighted by Crippen LogP contribution is 2.28. The molecule has 0 atom stereocenters. The Morgan fingerprint density at radius 2 is 1.92 bits per heavy atom. The standard InChI is InChI=1S/C10H13BrClN/c1-3-13(4-2)10-6-5-8(11)7-9(10)12/h5-7H,3-4H2,1-2H3. The maximum absolute atomic E-state index is 6.11. The van der Waals surface area contributed by atoms with Gasteiger partial charge in [-0.1, -0.05) is 27.5 Å². The minimum absolute atomic E-state index is 0.804. The molecule has 0 saturated heterocycles. The van der Waals surface area contributed by atoms with Crippen molar-refractivity contribution < 1.29 is 0 Å². The highest BCUT2D eigenvalue weighted by atomic mass is 79.9. The van der Waals surface area contributed by atoms with Crippen molar-refractivity contribution in [2.24, 2.45) is 0 Å². The van der Waals surface area contributed by atoms with Gasteiger partial charge in [-0.15, -0.1) is 0 Å². The zero-order chi connectivity index (χ0) is 9.84. The fourth-order valence-corrected chi connectivity index (χ4v) is 2.09. The topological polar surface area (TPSA) is 3.24 Å². The van der Waals surface area contributed by atoms with Crippen LogP contribution >= 0.6 is 27.5 Å². The van der Waals surface area contributed by atoms with Gasteiger partial charge in [-0.2, -0.15) is 0 Å². The number of hydrogen-bond donors (Lipinski definition) is 0. The molecule has 0 aliphatic heterocycles. The Balaban J connectivity index is 2.99. The summed E-state index contributed by atoms with van der Waals surface area (Å²) in [5.74, 6) is 0. The highest BCUT2D eigenvalue weighted by Gasteiger charge is 2.06. The summed E-state index contributed by atoms with van der Waals surface area (Å²) in [7, 11) is 0. The quantitative estimate of drug-likeness (QED) is 0.797. The largest absolute Gasteiger partial charge is 0.371 e. The predicted octanol–water partition coefficient (Wildman–Crippen LogP) is 3.95. The Bertz CT molecular complexity index is 284. The first-order valence-corrected chi connectivity index (χ1v) is 5.56. The third-order valence-electron chi connectivity index (χ3n) is 2.01. The van der Waals surface area contributed by atoms with E-state index in [1.165, 1.54) is 0 Å². The van der Waals surface area contributed by atoms with Crippen molar-refractivity contribution in [1.29, 1.82) is 0 Å². The van der Waals surface area contributed by atoms with Gasteiger partial charge in [0, 0.05) is 17.6 Å². The van der Waals surface area contributed by atoms with Gasteiger partial charge in [-0.3, -0.25) is 0 Å². The summed E-state index contributed by atoms with van der Waals surface area (Å²) in [5, 5.41) is 0.804. The Morgan fingerprint density at radius 3 is 2.38 bits per heavy atom. The average molecular weight is 263 g/mol. The van der Waals surface area contributed by atoms with Crippen molar-refractivity contribution in [3.05, 3.63) is 27.7 Å². The normalized spacial score (nSPS) is 10.2. The lowest BCUT2D eigenvalue weighted by atomic mass is 10.3. The van der Waals surface area contributed by atoms with Crippen molar-refractivity contribution in [3.63, 3.8) is 0 Å². The van der Waals surface area contributed by atoms with Gasteiger partial charge in [-0.25, -0.2) is 0 Å². The second-order valence-corrected chi connectivity index (χ2v) is 4.09. The molecule has 0 heterocycles. The van der Waals surface area contributed by atoms with Crippen LogP contribution in [0.2, 0.25) is 5.02 Å². The van der Waals surface area contributed by atoms with E-state index in [0.717, 1.165) is 28.3 Å². The van der Waals surface area contributed by atoms with Crippen molar-refractivity contribution in [3.8, 4) is 0 Å². The van der Waals surface area contributed by atoms with Crippen LogP contribution in [-0.4, -0.2) is 13.1 Å². The molecule has 0 aliphatic rings. The molecule has 0 amide bonds. The first-order valence-electron chi connectivity index (χ1n) is 4.39. The van der Waals surface area contributed by atoms with Gasteiger partial charge >= 0.3 is 0 Å². The molecule has 0 aliphatic carbocycles. The molecule has 0 saturated carbocycles. The number of nitrogens with zero attached hydrogens (tertiary/aromatic N) is 1. The van der Waals surface area contributed by atoms with Crippen LogP contribution in [0.15, 0.2) is 22.7 Å². The van der Waals surface area contributed by atoms with Crippen LogP contribution in [0, 0.1) is 0 Å². The van der Waals surface area contributed by atoms with E-state index in [1.807, 2.05) is 18.2 Å². The van der Waals surface area contributed by atoms with Crippen molar-refractivity contribution in [2.45, 2.75) is 13.8 Å². The fraction of sp³-hybridized carbons (Fsp3) is 0.400. The van der Waals surface area contributed by atoms with Crippen molar-refractivity contribution in [2.75, 3.05) is 18.0 Å². The Hall–Kier alpha value is -0.210. The van der Waals surface area contributed by atoms with Gasteiger partial charge < -0.3 is 4.90 Å². The molecular weight excluding hydrogens is 249 g/mol. The molecule has 0 spiro atoms. The van der Waals surface area contributed by atoms with Crippen LogP contribution in [0.1, 0.15) is 13.8 Å². The van der Waals surface area contributed by atoms with E-state index in [2.05, 4.69) is 34.7 Å². The lowest BCUT2D eigenvalue weighted by Crippen LogP contribution is -2.21. The molecule has 1 aromatic rings. The second-order valence-electron chi connectivity index (χ2n) is 2.77. The van der Waals surface area contributed by atoms with E-state index in [0.29, 0.717) is 0 Å². The average Bonchev–Trinajstić information content (AvgIpc) is 2.10. The molecule has 0 unspecified atom stereocenters. The SMILES string of the molecule is CCN(CC)c1ccc(Br)cc1Cl. The van der Waals surface area contributed by atoms with Crippen LogP contribution in [-0.2, 0) is 0 Å². The third-order valence-corrected chi connectivity index (χ3v) is 2.81. The molecular formula is C10H13BrClN. The Labute approximate surface area is 92.8 Å². The number of benzene rings is 1. The summed E-state index contributed by atoms with van der Waals surface area (Å²) in [6, 6.07) is 5.98. The molecule has 1 rings (SSSR count). The Kier molecular flexibility index (Phi) is 4.07. The zero-order valence-electron chi connectivity index (χ0n) is 7.85. The van der Waals surface area contributed by atoms with Gasteiger partial charge in [-0.05, 0) is 32.0 Å². The monoisotopic (exact) mass is 261 g/mol. The minimum atomic E-state index is 0.804. The van der Waals surface area contributed by atoms with Gasteiger partial charge in [0.15, 0.2) is 0 Å². The molecule has 1 nitrogen and oxygen atoms in total. The van der Waals surface area contributed by atoms with Crippen LogP contribution < -0.4 is 4.90 Å². The first-order chi connectivity index (χ1) is 6.19. The van der Waals surface area contributed by atoms with Gasteiger partial charge in [0.25, 0.3) is 0 Å². The summed E-state index contributed by atoms with van der Waals surface area (Å²) >= 11 is 9.50. The van der Waals surface area contributed by atoms with Crippen molar-refractivity contribution in [1.82, 2.24) is 0 Å². The summed E-state index contributed by atoms with van der Waals surface area (Å²) < 4.78 is 1.02. The van der Waals surface area contributed by atoms with Gasteiger partial charge in [0.05, 0.1) is 10.7 Å². The first kappa shape index (κ1) is 10.9. The lowest BCUT2D eigenvalue weighted by molar-refractivity contribution is 0.866. The molecule has 0 N–H and O–H groups in total. The van der Waals surface area contributed by atoms with E-state index in [9.17, 15) is 0 Å². The van der Waals surface area contributed by atoms with E-state index in [-0.39, 0.29) is 0 Å². The smallest absolute Gasteiger partial charge is 0.0650 e. The minimum Gasteiger partial charge on any atom is -0.371 e. The number of anilines is 1. The fourth-order valence-electron chi connectivity index (χ4n) is 1.30. The highest BCUT2D eigenvalue weighted by molar-refractivity contribution is 9.10. The molecule has 0 bridgehead atoms. The molecule has 0 radical (unpaired) electrons. The van der Waals surface area contributed by atoms with Gasteiger partial charge in [0.1, 0.15) is 0 Å². The second kappa shape index (κ2) is 4.87. The summed E-state index contributed by atoms with van der Waals surface area (Å²) in [4.78, 5) is 2.23. The molecule has 3 heteroatoms. The van der Waals surface area contributed by atoms with Crippen LogP contribution in [0.5, 0.6) is 0 Å². The molecule has 13 heavy (non-hydrogen) atoms.